The smallest absolute Gasteiger partial charge is 0.292 e. The molecule has 0 saturated carbocycles. The first-order valence-corrected chi connectivity index (χ1v) is 7.15. The fourth-order valence-electron chi connectivity index (χ4n) is 2.68. The zero-order chi connectivity index (χ0) is 12.1. The van der Waals surface area contributed by atoms with Crippen molar-refractivity contribution < 1.29 is 9.30 Å². The van der Waals surface area contributed by atoms with Gasteiger partial charge in [-0.2, -0.15) is 4.57 Å². The average molecular weight is 254 g/mol. The Labute approximate surface area is 109 Å². The summed E-state index contributed by atoms with van der Waals surface area (Å²) < 4.78 is 8.13. The van der Waals surface area contributed by atoms with E-state index in [1.165, 1.54) is 26.6 Å². The molecule has 0 unspecified atom stereocenters. The van der Waals surface area contributed by atoms with Crippen LogP contribution in [0, 0.1) is 0 Å². The van der Waals surface area contributed by atoms with Gasteiger partial charge in [0.05, 0.1) is 10.3 Å². The van der Waals surface area contributed by atoms with Gasteiger partial charge < -0.3 is 4.74 Å². The minimum Gasteiger partial charge on any atom is -0.434 e. The van der Waals surface area contributed by atoms with Crippen LogP contribution in [0.1, 0.15) is 0 Å². The fraction of sp³-hybridized carbons (Fsp3) is 0.133. The van der Waals surface area contributed by atoms with Gasteiger partial charge in [-0.1, -0.05) is 12.1 Å². The molecule has 2 aromatic carbocycles. The van der Waals surface area contributed by atoms with E-state index in [-0.39, 0.29) is 0 Å². The van der Waals surface area contributed by atoms with Crippen LogP contribution in [-0.4, -0.2) is 6.26 Å². The molecule has 2 nitrogen and oxygen atoms in total. The first-order valence-electron chi connectivity index (χ1n) is 5.93. The van der Waals surface area contributed by atoms with Gasteiger partial charge in [0, 0.05) is 11.5 Å². The number of benzene rings is 2. The Kier molecular flexibility index (Phi) is 2.06. The minimum absolute atomic E-state index is 0.598. The van der Waals surface area contributed by atoms with Gasteiger partial charge in [-0.15, -0.1) is 11.8 Å². The van der Waals surface area contributed by atoms with Gasteiger partial charge in [0.2, 0.25) is 5.52 Å². The predicted octanol–water partition coefficient (Wildman–Crippen LogP) is 3.35. The lowest BCUT2D eigenvalue weighted by atomic mass is 10.0. The van der Waals surface area contributed by atoms with Crippen molar-refractivity contribution in [2.45, 2.75) is 11.6 Å². The van der Waals surface area contributed by atoms with Crippen molar-refractivity contribution >= 4 is 33.4 Å². The number of hydrogen-bond donors (Lipinski definition) is 0. The molecule has 88 valence electrons. The maximum absolute atomic E-state index is 5.95. The van der Waals surface area contributed by atoms with Crippen molar-refractivity contribution in [3.8, 4) is 5.75 Å². The molecule has 4 rings (SSSR count). The van der Waals surface area contributed by atoms with E-state index in [0.717, 1.165) is 5.75 Å². The molecule has 0 radical (unpaired) electrons. The second kappa shape index (κ2) is 3.62. The zero-order valence-electron chi connectivity index (χ0n) is 10.0. The highest BCUT2D eigenvalue weighted by molar-refractivity contribution is 7.98. The summed E-state index contributed by atoms with van der Waals surface area (Å²) in [5.74, 6) is 1.04. The summed E-state index contributed by atoms with van der Waals surface area (Å²) in [6, 6.07) is 12.9. The Morgan fingerprint density at radius 1 is 1.11 bits per heavy atom. The molecular weight excluding hydrogens is 242 g/mol. The maximum Gasteiger partial charge on any atom is 0.292 e. The lowest BCUT2D eigenvalue weighted by molar-refractivity contribution is -0.701. The number of aromatic nitrogens is 1. The third kappa shape index (κ3) is 1.22. The van der Waals surface area contributed by atoms with E-state index in [0.29, 0.717) is 6.73 Å². The molecule has 18 heavy (non-hydrogen) atoms. The molecule has 0 amide bonds. The van der Waals surface area contributed by atoms with Crippen LogP contribution in [0.3, 0.4) is 0 Å². The zero-order valence-corrected chi connectivity index (χ0v) is 10.8. The number of rotatable bonds is 1. The standard InChI is InChI=1S/C15H12NOS/c1-18-12-7-6-10-4-5-11-3-2-8-16-9-17-15(12)13(10)14(11)16/h2-8H,9H2,1H3/q+1. The number of hydrogen-bond acceptors (Lipinski definition) is 2. The Balaban J connectivity index is 2.31. The molecule has 0 saturated heterocycles. The monoisotopic (exact) mass is 254 g/mol. The molecular formula is C15H12NOS+. The molecule has 0 N–H and O–H groups in total. The topological polar surface area (TPSA) is 13.1 Å². The molecule has 2 heterocycles. The fourth-order valence-corrected chi connectivity index (χ4v) is 3.23. The summed E-state index contributed by atoms with van der Waals surface area (Å²) in [5, 5.41) is 3.76. The predicted molar refractivity (Wildman–Crippen MR) is 74.1 cm³/mol. The molecule has 1 aliphatic rings. The first kappa shape index (κ1) is 10.2. The number of thioether (sulfide) groups is 1. The van der Waals surface area contributed by atoms with Crippen molar-refractivity contribution in [3.05, 3.63) is 42.6 Å². The van der Waals surface area contributed by atoms with Crippen LogP contribution >= 0.6 is 11.8 Å². The van der Waals surface area contributed by atoms with E-state index >= 15 is 0 Å². The van der Waals surface area contributed by atoms with Crippen LogP contribution in [-0.2, 0) is 6.73 Å². The Hall–Kier alpha value is -1.74. The van der Waals surface area contributed by atoms with Gasteiger partial charge >= 0.3 is 0 Å². The van der Waals surface area contributed by atoms with Crippen molar-refractivity contribution in [2.24, 2.45) is 0 Å². The van der Waals surface area contributed by atoms with Crippen LogP contribution < -0.4 is 9.30 Å². The van der Waals surface area contributed by atoms with E-state index in [9.17, 15) is 0 Å². The largest absolute Gasteiger partial charge is 0.434 e. The molecule has 1 aromatic heterocycles. The van der Waals surface area contributed by atoms with Crippen LogP contribution in [0.25, 0.3) is 21.7 Å². The highest BCUT2D eigenvalue weighted by atomic mass is 32.2. The molecule has 0 spiro atoms. The SMILES string of the molecule is CSc1ccc2ccc3ccc[n+]4c3c2c1OC4. The minimum atomic E-state index is 0.598. The average Bonchev–Trinajstić information content (AvgIpc) is 2.44. The summed E-state index contributed by atoms with van der Waals surface area (Å²) >= 11 is 1.74. The van der Waals surface area contributed by atoms with Gasteiger partial charge in [0.25, 0.3) is 6.73 Å². The van der Waals surface area contributed by atoms with Gasteiger partial charge in [0.1, 0.15) is 0 Å². The third-order valence-corrected chi connectivity index (χ3v) is 4.26. The maximum atomic E-state index is 5.95. The van der Waals surface area contributed by atoms with Crippen LogP contribution in [0.4, 0.5) is 0 Å². The van der Waals surface area contributed by atoms with Crippen LogP contribution in [0.5, 0.6) is 5.75 Å². The van der Waals surface area contributed by atoms with E-state index in [1.807, 2.05) is 0 Å². The molecule has 3 heteroatoms. The van der Waals surface area contributed by atoms with Crippen molar-refractivity contribution in [1.82, 2.24) is 0 Å². The van der Waals surface area contributed by atoms with E-state index < -0.39 is 0 Å². The molecule has 1 aliphatic heterocycles. The van der Waals surface area contributed by atoms with Crippen molar-refractivity contribution in [2.75, 3.05) is 6.26 Å². The summed E-state index contributed by atoms with van der Waals surface area (Å²) in [5.41, 5.74) is 1.28. The van der Waals surface area contributed by atoms with E-state index in [4.69, 9.17) is 4.74 Å². The Bertz CT molecular complexity index is 782. The van der Waals surface area contributed by atoms with Crippen molar-refractivity contribution in [3.63, 3.8) is 0 Å². The summed E-state index contributed by atoms with van der Waals surface area (Å²) in [4.78, 5) is 1.21. The second-order valence-corrected chi connectivity index (χ2v) is 5.30. The molecule has 0 bridgehead atoms. The summed E-state index contributed by atoms with van der Waals surface area (Å²) in [7, 11) is 0. The Morgan fingerprint density at radius 3 is 2.83 bits per heavy atom. The van der Waals surface area contributed by atoms with Crippen LogP contribution in [0.2, 0.25) is 0 Å². The summed E-state index contributed by atoms with van der Waals surface area (Å²) in [6.07, 6.45) is 4.17. The van der Waals surface area contributed by atoms with Crippen LogP contribution in [0.15, 0.2) is 47.5 Å². The number of pyridine rings is 1. The molecule has 0 fully saturated rings. The lowest BCUT2D eigenvalue weighted by Gasteiger charge is -2.16. The quantitative estimate of drug-likeness (QED) is 0.375. The number of nitrogens with zero attached hydrogens (tertiary/aromatic N) is 1. The van der Waals surface area contributed by atoms with E-state index in [1.54, 1.807) is 11.8 Å². The molecule has 0 aliphatic carbocycles. The Morgan fingerprint density at radius 2 is 1.94 bits per heavy atom. The van der Waals surface area contributed by atoms with Gasteiger partial charge in [-0.3, -0.25) is 0 Å². The highest BCUT2D eigenvalue weighted by Crippen LogP contribution is 2.39. The molecule has 3 aromatic rings. The second-order valence-electron chi connectivity index (χ2n) is 4.45. The highest BCUT2D eigenvalue weighted by Gasteiger charge is 2.23. The number of ether oxygens (including phenoxy) is 1. The normalized spacial score (nSPS) is 13.2. The van der Waals surface area contributed by atoms with Gasteiger partial charge in [-0.05, 0) is 29.8 Å². The summed E-state index contributed by atoms with van der Waals surface area (Å²) in [6.45, 7) is 0.598. The van der Waals surface area contributed by atoms with Gasteiger partial charge in [-0.25, -0.2) is 0 Å². The molecule has 0 atom stereocenters. The first-order chi connectivity index (χ1) is 8.88. The van der Waals surface area contributed by atoms with E-state index in [2.05, 4.69) is 53.4 Å². The van der Waals surface area contributed by atoms with Crippen molar-refractivity contribution in [1.29, 1.82) is 0 Å². The third-order valence-electron chi connectivity index (χ3n) is 3.50. The van der Waals surface area contributed by atoms with Gasteiger partial charge in [0.15, 0.2) is 11.9 Å². The lowest BCUT2D eigenvalue weighted by Crippen LogP contribution is -2.39.